The van der Waals surface area contributed by atoms with Crippen LogP contribution in [0.5, 0.6) is 0 Å². The fourth-order valence-electron chi connectivity index (χ4n) is 3.06. The molecule has 0 radical (unpaired) electrons. The molecule has 1 fully saturated rings. The number of aromatic nitrogens is 2. The summed E-state index contributed by atoms with van der Waals surface area (Å²) in [5, 5.41) is 3.55. The molecule has 3 N–H and O–H groups in total. The zero-order valence-electron chi connectivity index (χ0n) is 15.5. The van der Waals surface area contributed by atoms with E-state index in [0.717, 1.165) is 6.42 Å². The molecule has 1 atom stereocenters. The second-order valence-electron chi connectivity index (χ2n) is 7.14. The average Bonchev–Trinajstić information content (AvgIpc) is 3.14. The Morgan fingerprint density at radius 2 is 2.10 bits per heavy atom. The van der Waals surface area contributed by atoms with Gasteiger partial charge in [0.1, 0.15) is 12.1 Å². The minimum absolute atomic E-state index is 0.135. The molecule has 5 nitrogen and oxygen atoms in total. The molecule has 1 saturated heterocycles. The SMILES string of the molecule is CC1(C#Cc2cc3ncnc(Nc4ccc(Cl)c(Cl)c4F)c3cc2N)CCOC1. The molecule has 4 rings (SSSR count). The Balaban J connectivity index is 1.72. The van der Waals surface area contributed by atoms with Crippen LogP contribution in [0.25, 0.3) is 10.9 Å². The van der Waals surface area contributed by atoms with Crippen molar-refractivity contribution in [2.75, 3.05) is 24.3 Å². The lowest BCUT2D eigenvalue weighted by Crippen LogP contribution is -2.12. The molecular formula is C21H17Cl2FN4O. The molecule has 29 heavy (non-hydrogen) atoms. The lowest BCUT2D eigenvalue weighted by Gasteiger charge is -2.13. The van der Waals surface area contributed by atoms with Crippen LogP contribution in [0.1, 0.15) is 18.9 Å². The van der Waals surface area contributed by atoms with Crippen LogP contribution in [-0.4, -0.2) is 23.2 Å². The molecule has 1 aliphatic heterocycles. The van der Waals surface area contributed by atoms with Gasteiger partial charge < -0.3 is 15.8 Å². The maximum Gasteiger partial charge on any atom is 0.166 e. The molecule has 1 unspecified atom stereocenters. The van der Waals surface area contributed by atoms with Gasteiger partial charge in [-0.05, 0) is 37.6 Å². The van der Waals surface area contributed by atoms with Gasteiger partial charge in [0.05, 0.1) is 33.3 Å². The van der Waals surface area contributed by atoms with Crippen molar-refractivity contribution in [2.24, 2.45) is 5.41 Å². The van der Waals surface area contributed by atoms with Gasteiger partial charge in [0.25, 0.3) is 0 Å². The number of nitrogens with two attached hydrogens (primary N) is 1. The number of ether oxygens (including phenoxy) is 1. The first-order valence-electron chi connectivity index (χ1n) is 8.92. The van der Waals surface area contributed by atoms with E-state index in [1.165, 1.54) is 18.5 Å². The third-order valence-electron chi connectivity index (χ3n) is 4.81. The van der Waals surface area contributed by atoms with Crippen molar-refractivity contribution >= 4 is 51.3 Å². The molecule has 2 aromatic carbocycles. The van der Waals surface area contributed by atoms with Gasteiger partial charge in [0.15, 0.2) is 5.82 Å². The van der Waals surface area contributed by atoms with Crippen molar-refractivity contribution in [3.8, 4) is 11.8 Å². The number of hydrogen-bond donors (Lipinski definition) is 2. The summed E-state index contributed by atoms with van der Waals surface area (Å²) < 4.78 is 19.8. The van der Waals surface area contributed by atoms with E-state index in [9.17, 15) is 4.39 Å². The monoisotopic (exact) mass is 430 g/mol. The van der Waals surface area contributed by atoms with Crippen molar-refractivity contribution in [3.05, 3.63) is 52.0 Å². The van der Waals surface area contributed by atoms with E-state index < -0.39 is 5.82 Å². The lowest BCUT2D eigenvalue weighted by atomic mass is 9.90. The molecule has 8 heteroatoms. The van der Waals surface area contributed by atoms with Gasteiger partial charge in [-0.1, -0.05) is 35.0 Å². The summed E-state index contributed by atoms with van der Waals surface area (Å²) in [6.07, 6.45) is 2.28. The lowest BCUT2D eigenvalue weighted by molar-refractivity contribution is 0.177. The summed E-state index contributed by atoms with van der Waals surface area (Å²) in [4.78, 5) is 8.51. The molecule has 2 heterocycles. The van der Waals surface area contributed by atoms with Crippen LogP contribution in [0.3, 0.4) is 0 Å². The van der Waals surface area contributed by atoms with Gasteiger partial charge >= 0.3 is 0 Å². The molecular weight excluding hydrogens is 414 g/mol. The van der Waals surface area contributed by atoms with Crippen LogP contribution in [0.2, 0.25) is 10.0 Å². The molecule has 0 amide bonds. The maximum atomic E-state index is 14.4. The second-order valence-corrected chi connectivity index (χ2v) is 7.93. The topological polar surface area (TPSA) is 73.1 Å². The molecule has 0 bridgehead atoms. The van der Waals surface area contributed by atoms with Gasteiger partial charge in [0.2, 0.25) is 0 Å². The summed E-state index contributed by atoms with van der Waals surface area (Å²) >= 11 is 11.7. The summed E-state index contributed by atoms with van der Waals surface area (Å²) in [7, 11) is 0. The number of benzene rings is 2. The second kappa shape index (κ2) is 7.68. The van der Waals surface area contributed by atoms with Crippen LogP contribution in [0.15, 0.2) is 30.6 Å². The number of hydrogen-bond acceptors (Lipinski definition) is 5. The van der Waals surface area contributed by atoms with Gasteiger partial charge in [-0.3, -0.25) is 0 Å². The van der Waals surface area contributed by atoms with Crippen molar-refractivity contribution < 1.29 is 9.13 Å². The normalized spacial score (nSPS) is 18.5. The van der Waals surface area contributed by atoms with E-state index in [0.29, 0.717) is 41.2 Å². The zero-order chi connectivity index (χ0) is 20.6. The predicted octanol–water partition coefficient (Wildman–Crippen LogP) is 5.18. The highest BCUT2D eigenvalue weighted by atomic mass is 35.5. The number of nitrogens with zero attached hydrogens (tertiary/aromatic N) is 2. The van der Waals surface area contributed by atoms with Gasteiger partial charge in [-0.2, -0.15) is 0 Å². The van der Waals surface area contributed by atoms with Gasteiger partial charge in [-0.25, -0.2) is 14.4 Å². The number of rotatable bonds is 2. The first-order chi connectivity index (χ1) is 13.9. The standard InChI is InChI=1S/C21H17Cl2FN4O/c1-21(6-7-29-10-21)5-4-12-8-17-13(9-15(12)25)20(27-11-26-17)28-16-3-2-14(22)18(23)19(16)24/h2-3,8-9,11H,6-7,10,25H2,1H3,(H,26,27,28). The van der Waals surface area contributed by atoms with Gasteiger partial charge in [-0.15, -0.1) is 0 Å². The van der Waals surface area contributed by atoms with Crippen molar-refractivity contribution in [2.45, 2.75) is 13.3 Å². The molecule has 148 valence electrons. The third-order valence-corrected chi connectivity index (χ3v) is 5.59. The first kappa shape index (κ1) is 19.7. The summed E-state index contributed by atoms with van der Waals surface area (Å²) in [6.45, 7) is 3.39. The Morgan fingerprint density at radius 1 is 1.28 bits per heavy atom. The van der Waals surface area contributed by atoms with E-state index in [4.69, 9.17) is 33.7 Å². The molecule has 0 saturated carbocycles. The highest BCUT2D eigenvalue weighted by molar-refractivity contribution is 6.42. The first-order valence-corrected chi connectivity index (χ1v) is 9.68. The number of fused-ring (bicyclic) bond motifs is 1. The Kier molecular flexibility index (Phi) is 5.22. The molecule has 0 aliphatic carbocycles. The minimum atomic E-state index is -0.659. The average molecular weight is 431 g/mol. The Hall–Kier alpha value is -2.59. The number of anilines is 3. The van der Waals surface area contributed by atoms with Crippen LogP contribution >= 0.6 is 23.2 Å². The van der Waals surface area contributed by atoms with Crippen LogP contribution in [0.4, 0.5) is 21.6 Å². The number of nitrogens with one attached hydrogen (secondary N) is 1. The predicted molar refractivity (Wildman–Crippen MR) is 114 cm³/mol. The minimum Gasteiger partial charge on any atom is -0.398 e. The van der Waals surface area contributed by atoms with E-state index in [2.05, 4.69) is 34.0 Å². The molecule has 0 spiro atoms. The third kappa shape index (κ3) is 3.95. The number of nitrogen functional groups attached to an aromatic ring is 1. The molecule has 3 aromatic rings. The van der Waals surface area contributed by atoms with E-state index in [1.807, 2.05) is 0 Å². The summed E-state index contributed by atoms with van der Waals surface area (Å²) in [5.74, 6) is 6.15. The summed E-state index contributed by atoms with van der Waals surface area (Å²) in [6, 6.07) is 6.53. The smallest absolute Gasteiger partial charge is 0.166 e. The Bertz CT molecular complexity index is 1170. The maximum absolute atomic E-state index is 14.4. The molecule has 1 aliphatic rings. The van der Waals surface area contributed by atoms with Crippen LogP contribution in [-0.2, 0) is 4.74 Å². The van der Waals surface area contributed by atoms with Crippen molar-refractivity contribution in [1.82, 2.24) is 9.97 Å². The largest absolute Gasteiger partial charge is 0.398 e. The quantitative estimate of drug-likeness (QED) is 0.332. The van der Waals surface area contributed by atoms with E-state index >= 15 is 0 Å². The number of halogens is 3. The Morgan fingerprint density at radius 3 is 2.86 bits per heavy atom. The highest BCUT2D eigenvalue weighted by Gasteiger charge is 2.27. The van der Waals surface area contributed by atoms with Crippen molar-refractivity contribution in [1.29, 1.82) is 0 Å². The fourth-order valence-corrected chi connectivity index (χ4v) is 3.37. The van der Waals surface area contributed by atoms with Gasteiger partial charge in [0, 0.05) is 23.2 Å². The summed E-state index contributed by atoms with van der Waals surface area (Å²) in [5.41, 5.74) is 7.99. The Labute approximate surface area is 177 Å². The van der Waals surface area contributed by atoms with E-state index in [1.54, 1.807) is 12.1 Å². The van der Waals surface area contributed by atoms with E-state index in [-0.39, 0.29) is 21.1 Å². The van der Waals surface area contributed by atoms with Crippen LogP contribution < -0.4 is 11.1 Å². The fraction of sp³-hybridized carbons (Fsp3) is 0.238. The zero-order valence-corrected chi connectivity index (χ0v) is 17.0. The highest BCUT2D eigenvalue weighted by Crippen LogP contribution is 2.33. The van der Waals surface area contributed by atoms with Crippen LogP contribution in [0, 0.1) is 23.1 Å². The van der Waals surface area contributed by atoms with Crippen molar-refractivity contribution in [3.63, 3.8) is 0 Å². The molecule has 1 aromatic heterocycles.